The summed E-state index contributed by atoms with van der Waals surface area (Å²) in [5.74, 6) is 0. The van der Waals surface area contributed by atoms with Crippen LogP contribution in [0.4, 0.5) is 4.79 Å². The van der Waals surface area contributed by atoms with Gasteiger partial charge in [0, 0.05) is 0 Å². The second-order valence-electron chi connectivity index (χ2n) is 3.64. The molecule has 90 valence electrons. The number of carbonyl (C=O) groups is 1. The summed E-state index contributed by atoms with van der Waals surface area (Å²) in [4.78, 5) is 10.0. The predicted molar refractivity (Wildman–Crippen MR) is 54.5 cm³/mol. The Labute approximate surface area is 90.0 Å². The first-order valence-electron chi connectivity index (χ1n) is 5.15. The minimum absolute atomic E-state index is 0.0486. The standard InChI is InChI=1S/C6H14O2.C4H6O3/c1-3-6(8)4-5(2)7;1-3-2-6-4(5)7-3/h5-8H,3-4H2,1-2H3;3H,2H2,1H3. The molecule has 1 aliphatic heterocycles. The van der Waals surface area contributed by atoms with Crippen LogP contribution in [0.15, 0.2) is 0 Å². The third kappa shape index (κ3) is 8.20. The van der Waals surface area contributed by atoms with Crippen LogP contribution in [0.3, 0.4) is 0 Å². The monoisotopic (exact) mass is 220 g/mol. The first kappa shape index (κ1) is 14.2. The highest BCUT2D eigenvalue weighted by molar-refractivity contribution is 5.61. The Kier molecular flexibility index (Phi) is 7.07. The second-order valence-corrected chi connectivity index (χ2v) is 3.64. The van der Waals surface area contributed by atoms with Gasteiger partial charge in [-0.2, -0.15) is 0 Å². The topological polar surface area (TPSA) is 76.0 Å². The van der Waals surface area contributed by atoms with E-state index in [4.69, 9.17) is 10.2 Å². The number of aliphatic hydroxyl groups excluding tert-OH is 2. The van der Waals surface area contributed by atoms with Gasteiger partial charge in [0.25, 0.3) is 0 Å². The minimum atomic E-state index is -0.549. The highest BCUT2D eigenvalue weighted by atomic mass is 16.8. The van der Waals surface area contributed by atoms with Crippen molar-refractivity contribution in [2.75, 3.05) is 6.61 Å². The van der Waals surface area contributed by atoms with Crippen molar-refractivity contribution in [2.24, 2.45) is 0 Å². The predicted octanol–water partition coefficient (Wildman–Crippen LogP) is 1.07. The average molecular weight is 220 g/mol. The Balaban J connectivity index is 0.000000262. The van der Waals surface area contributed by atoms with Crippen molar-refractivity contribution in [1.29, 1.82) is 0 Å². The van der Waals surface area contributed by atoms with Gasteiger partial charge in [0.1, 0.15) is 12.7 Å². The smallest absolute Gasteiger partial charge is 0.430 e. The quantitative estimate of drug-likeness (QED) is 0.696. The lowest BCUT2D eigenvalue weighted by Crippen LogP contribution is -2.13. The molecule has 1 rings (SSSR count). The number of hydrogen-bond donors (Lipinski definition) is 2. The molecule has 5 heteroatoms. The van der Waals surface area contributed by atoms with Gasteiger partial charge in [0.2, 0.25) is 0 Å². The molecule has 1 heterocycles. The molecule has 0 aromatic heterocycles. The fraction of sp³-hybridized carbons (Fsp3) is 0.900. The fourth-order valence-electron chi connectivity index (χ4n) is 0.978. The van der Waals surface area contributed by atoms with Crippen molar-refractivity contribution in [3.05, 3.63) is 0 Å². The van der Waals surface area contributed by atoms with Crippen molar-refractivity contribution < 1.29 is 24.5 Å². The minimum Gasteiger partial charge on any atom is -0.430 e. The van der Waals surface area contributed by atoms with Gasteiger partial charge in [-0.15, -0.1) is 0 Å². The Morgan fingerprint density at radius 3 is 2.27 bits per heavy atom. The van der Waals surface area contributed by atoms with Crippen LogP contribution in [-0.4, -0.2) is 41.3 Å². The molecule has 15 heavy (non-hydrogen) atoms. The molecule has 1 aliphatic rings. The number of ether oxygens (including phenoxy) is 2. The van der Waals surface area contributed by atoms with Crippen LogP contribution in [0, 0.1) is 0 Å². The maximum atomic E-state index is 10.0. The molecule has 0 saturated carbocycles. The largest absolute Gasteiger partial charge is 0.508 e. The lowest BCUT2D eigenvalue weighted by atomic mass is 10.1. The summed E-state index contributed by atoms with van der Waals surface area (Å²) in [7, 11) is 0. The van der Waals surface area contributed by atoms with Gasteiger partial charge in [-0.3, -0.25) is 0 Å². The van der Waals surface area contributed by atoms with Crippen molar-refractivity contribution in [2.45, 2.75) is 51.9 Å². The van der Waals surface area contributed by atoms with Crippen molar-refractivity contribution in [3.8, 4) is 0 Å². The first-order chi connectivity index (χ1) is 6.95. The van der Waals surface area contributed by atoms with E-state index in [0.29, 0.717) is 13.0 Å². The molecular formula is C10H20O5. The molecule has 0 aromatic carbocycles. The van der Waals surface area contributed by atoms with Crippen LogP contribution in [0.1, 0.15) is 33.6 Å². The summed E-state index contributed by atoms with van der Waals surface area (Å²) >= 11 is 0. The molecule has 0 spiro atoms. The maximum absolute atomic E-state index is 10.0. The zero-order valence-corrected chi connectivity index (χ0v) is 9.47. The van der Waals surface area contributed by atoms with Gasteiger partial charge in [-0.25, -0.2) is 4.79 Å². The van der Waals surface area contributed by atoms with E-state index in [2.05, 4.69) is 9.47 Å². The van der Waals surface area contributed by atoms with Crippen LogP contribution < -0.4 is 0 Å². The highest BCUT2D eigenvalue weighted by Gasteiger charge is 2.19. The zero-order valence-electron chi connectivity index (χ0n) is 9.47. The van der Waals surface area contributed by atoms with Crippen LogP contribution in [0.2, 0.25) is 0 Å². The van der Waals surface area contributed by atoms with E-state index in [1.165, 1.54) is 0 Å². The molecule has 5 nitrogen and oxygen atoms in total. The van der Waals surface area contributed by atoms with E-state index in [1.807, 2.05) is 6.92 Å². The number of hydrogen-bond acceptors (Lipinski definition) is 5. The molecule has 0 amide bonds. The average Bonchev–Trinajstić information content (AvgIpc) is 2.49. The first-order valence-corrected chi connectivity index (χ1v) is 5.15. The van der Waals surface area contributed by atoms with E-state index in [9.17, 15) is 4.79 Å². The lowest BCUT2D eigenvalue weighted by molar-refractivity contribution is 0.0883. The van der Waals surface area contributed by atoms with E-state index < -0.39 is 6.16 Å². The molecule has 3 atom stereocenters. The summed E-state index contributed by atoms with van der Waals surface area (Å²) in [5, 5.41) is 17.6. The summed E-state index contributed by atoms with van der Waals surface area (Å²) in [6, 6.07) is 0. The molecule has 1 saturated heterocycles. The van der Waals surface area contributed by atoms with E-state index in [1.54, 1.807) is 13.8 Å². The van der Waals surface area contributed by atoms with Crippen molar-refractivity contribution in [3.63, 3.8) is 0 Å². The molecular weight excluding hydrogens is 200 g/mol. The zero-order chi connectivity index (χ0) is 11.8. The third-order valence-electron chi connectivity index (χ3n) is 1.82. The molecule has 3 unspecified atom stereocenters. The lowest BCUT2D eigenvalue weighted by Gasteiger charge is -2.08. The normalized spacial score (nSPS) is 23.3. The van der Waals surface area contributed by atoms with Crippen molar-refractivity contribution in [1.82, 2.24) is 0 Å². The van der Waals surface area contributed by atoms with E-state index in [0.717, 1.165) is 6.42 Å². The van der Waals surface area contributed by atoms with Gasteiger partial charge in [0.15, 0.2) is 0 Å². The molecule has 0 aliphatic carbocycles. The Morgan fingerprint density at radius 1 is 1.53 bits per heavy atom. The van der Waals surface area contributed by atoms with Crippen LogP contribution in [0.25, 0.3) is 0 Å². The van der Waals surface area contributed by atoms with Gasteiger partial charge >= 0.3 is 6.16 Å². The Hall–Kier alpha value is -0.810. The number of carbonyl (C=O) groups excluding carboxylic acids is 1. The van der Waals surface area contributed by atoms with Crippen molar-refractivity contribution >= 4 is 6.16 Å². The maximum Gasteiger partial charge on any atom is 0.508 e. The summed E-state index contributed by atoms with van der Waals surface area (Å²) in [5.41, 5.74) is 0. The molecule has 1 fully saturated rings. The van der Waals surface area contributed by atoms with Crippen LogP contribution in [0.5, 0.6) is 0 Å². The van der Waals surface area contributed by atoms with Gasteiger partial charge in [-0.05, 0) is 26.7 Å². The van der Waals surface area contributed by atoms with Crippen LogP contribution in [-0.2, 0) is 9.47 Å². The van der Waals surface area contributed by atoms with Gasteiger partial charge < -0.3 is 19.7 Å². The summed E-state index contributed by atoms with van der Waals surface area (Å²) < 4.78 is 8.90. The number of cyclic esters (lactones) is 2. The number of rotatable bonds is 3. The van der Waals surface area contributed by atoms with Gasteiger partial charge in [0.05, 0.1) is 12.2 Å². The summed E-state index contributed by atoms with van der Waals surface area (Å²) in [6.45, 7) is 5.76. The molecule has 0 aromatic rings. The van der Waals surface area contributed by atoms with E-state index in [-0.39, 0.29) is 18.3 Å². The summed E-state index contributed by atoms with van der Waals surface area (Å²) in [6.07, 6.45) is -0.0681. The molecule has 2 N–H and O–H groups in total. The third-order valence-corrected chi connectivity index (χ3v) is 1.82. The number of aliphatic hydroxyl groups is 2. The highest BCUT2D eigenvalue weighted by Crippen LogP contribution is 2.03. The van der Waals surface area contributed by atoms with Crippen LogP contribution >= 0.6 is 0 Å². The molecule has 0 bridgehead atoms. The van der Waals surface area contributed by atoms with Gasteiger partial charge in [-0.1, -0.05) is 6.92 Å². The second kappa shape index (κ2) is 7.48. The Bertz CT molecular complexity index is 181. The van der Waals surface area contributed by atoms with E-state index >= 15 is 0 Å². The fourth-order valence-corrected chi connectivity index (χ4v) is 0.978. The Morgan fingerprint density at radius 2 is 2.13 bits per heavy atom. The SMILES string of the molecule is CC1COC(=O)O1.CCC(O)CC(C)O. The molecule has 0 radical (unpaired) electrons.